The summed E-state index contributed by atoms with van der Waals surface area (Å²) in [5, 5.41) is 3.97. The van der Waals surface area contributed by atoms with Crippen LogP contribution in [-0.2, 0) is 13.1 Å². The third kappa shape index (κ3) is 2.36. The van der Waals surface area contributed by atoms with Crippen molar-refractivity contribution in [1.29, 1.82) is 0 Å². The zero-order chi connectivity index (χ0) is 13.2. The number of halogens is 1. The van der Waals surface area contributed by atoms with Crippen molar-refractivity contribution in [2.45, 2.75) is 20.0 Å². The van der Waals surface area contributed by atoms with Crippen LogP contribution in [0.25, 0.3) is 0 Å². The second-order valence-corrected chi connectivity index (χ2v) is 4.73. The largest absolute Gasteiger partial charge is 0.454 e. The molecular formula is C14H15ClN2O2. The molecule has 1 aliphatic rings. The van der Waals surface area contributed by atoms with Gasteiger partial charge in [-0.15, -0.1) is 0 Å². The van der Waals surface area contributed by atoms with Crippen LogP contribution in [0.2, 0.25) is 5.02 Å². The summed E-state index contributed by atoms with van der Waals surface area (Å²) in [6.45, 7) is 4.06. The van der Waals surface area contributed by atoms with Gasteiger partial charge < -0.3 is 19.4 Å². The van der Waals surface area contributed by atoms with E-state index in [9.17, 15) is 0 Å². The quantitative estimate of drug-likeness (QED) is 0.930. The van der Waals surface area contributed by atoms with Crippen LogP contribution in [0.3, 0.4) is 0 Å². The lowest BCUT2D eigenvalue weighted by molar-refractivity contribution is 0.174. The molecule has 1 aliphatic heterocycles. The monoisotopic (exact) mass is 278 g/mol. The first kappa shape index (κ1) is 12.2. The lowest BCUT2D eigenvalue weighted by Crippen LogP contribution is -2.06. The molecule has 1 aromatic heterocycles. The minimum atomic E-state index is 0.258. The lowest BCUT2D eigenvalue weighted by Gasteiger charge is -2.11. The zero-order valence-electron chi connectivity index (χ0n) is 10.6. The molecule has 0 aliphatic carbocycles. The van der Waals surface area contributed by atoms with Gasteiger partial charge >= 0.3 is 0 Å². The van der Waals surface area contributed by atoms with Gasteiger partial charge in [-0.25, -0.2) is 0 Å². The first-order chi connectivity index (χ1) is 9.28. The fourth-order valence-corrected chi connectivity index (χ4v) is 2.38. The predicted molar refractivity (Wildman–Crippen MR) is 75.0 cm³/mol. The van der Waals surface area contributed by atoms with E-state index in [0.717, 1.165) is 24.5 Å². The minimum Gasteiger partial charge on any atom is -0.454 e. The first-order valence-electron chi connectivity index (χ1n) is 6.25. The summed E-state index contributed by atoms with van der Waals surface area (Å²) in [6, 6.07) is 7.80. The van der Waals surface area contributed by atoms with Crippen molar-refractivity contribution < 1.29 is 9.47 Å². The first-order valence-corrected chi connectivity index (χ1v) is 6.62. The van der Waals surface area contributed by atoms with E-state index in [0.29, 0.717) is 10.8 Å². The van der Waals surface area contributed by atoms with Crippen LogP contribution in [-0.4, -0.2) is 11.4 Å². The maximum absolute atomic E-state index is 6.22. The third-order valence-corrected chi connectivity index (χ3v) is 3.50. The Morgan fingerprint density at radius 3 is 2.89 bits per heavy atom. The Morgan fingerprint density at radius 2 is 2.11 bits per heavy atom. The van der Waals surface area contributed by atoms with Crippen molar-refractivity contribution in [3.8, 4) is 11.5 Å². The van der Waals surface area contributed by atoms with E-state index in [1.807, 2.05) is 12.1 Å². The summed E-state index contributed by atoms with van der Waals surface area (Å²) >= 11 is 6.22. The van der Waals surface area contributed by atoms with Gasteiger partial charge in [0, 0.05) is 30.6 Å². The molecule has 2 aromatic rings. The number of ether oxygens (including phenoxy) is 2. The minimum absolute atomic E-state index is 0.258. The number of nitrogens with one attached hydrogen (secondary N) is 1. The summed E-state index contributed by atoms with van der Waals surface area (Å²) in [5.41, 5.74) is 2.08. The highest BCUT2D eigenvalue weighted by Gasteiger charge is 2.16. The molecule has 2 heterocycles. The number of nitrogens with zero attached hydrogens (tertiary/aromatic N) is 1. The molecule has 0 fully saturated rings. The maximum Gasteiger partial charge on any atom is 0.231 e. The Balaban J connectivity index is 1.77. The van der Waals surface area contributed by atoms with Gasteiger partial charge in [0.25, 0.3) is 0 Å². The third-order valence-electron chi connectivity index (χ3n) is 3.19. The molecule has 1 N–H and O–H groups in total. The van der Waals surface area contributed by atoms with Crippen molar-refractivity contribution >= 4 is 17.3 Å². The number of hydrogen-bond acceptors (Lipinski definition) is 3. The smallest absolute Gasteiger partial charge is 0.231 e. The van der Waals surface area contributed by atoms with E-state index < -0.39 is 0 Å². The average Bonchev–Trinajstić information content (AvgIpc) is 3.03. The molecule has 0 bridgehead atoms. The number of aryl methyl sites for hydroxylation is 1. The van der Waals surface area contributed by atoms with E-state index in [1.165, 1.54) is 5.69 Å². The van der Waals surface area contributed by atoms with Crippen molar-refractivity contribution in [2.75, 3.05) is 12.1 Å². The van der Waals surface area contributed by atoms with Crippen molar-refractivity contribution in [1.82, 2.24) is 4.57 Å². The highest BCUT2D eigenvalue weighted by Crippen LogP contribution is 2.39. The Labute approximate surface area is 116 Å². The maximum atomic E-state index is 6.22. The van der Waals surface area contributed by atoms with E-state index >= 15 is 0 Å². The molecule has 100 valence electrons. The van der Waals surface area contributed by atoms with Crippen LogP contribution < -0.4 is 14.8 Å². The molecule has 0 atom stereocenters. The van der Waals surface area contributed by atoms with Crippen molar-refractivity contribution in [2.24, 2.45) is 0 Å². The van der Waals surface area contributed by atoms with Gasteiger partial charge in [0.1, 0.15) is 0 Å². The molecule has 0 spiro atoms. The average molecular weight is 279 g/mol. The van der Waals surface area contributed by atoms with Gasteiger partial charge in [0.2, 0.25) is 6.79 Å². The molecule has 0 unspecified atom stereocenters. The van der Waals surface area contributed by atoms with Crippen LogP contribution in [0.15, 0.2) is 30.5 Å². The van der Waals surface area contributed by atoms with Gasteiger partial charge in [0.15, 0.2) is 11.5 Å². The normalized spacial score (nSPS) is 12.7. The Bertz CT molecular complexity index is 595. The second kappa shape index (κ2) is 5.05. The number of fused-ring (bicyclic) bond motifs is 1. The molecule has 4 nitrogen and oxygen atoms in total. The molecule has 5 heteroatoms. The summed E-state index contributed by atoms with van der Waals surface area (Å²) in [7, 11) is 0. The summed E-state index contributed by atoms with van der Waals surface area (Å²) in [5.74, 6) is 1.44. The van der Waals surface area contributed by atoms with Gasteiger partial charge in [-0.05, 0) is 19.1 Å². The van der Waals surface area contributed by atoms with Crippen molar-refractivity contribution in [3.05, 3.63) is 41.2 Å². The molecule has 3 rings (SSSR count). The predicted octanol–water partition coefficient (Wildman–Crippen LogP) is 3.50. The SMILES string of the molecule is CCn1cccc1CNc1cc2c(cc1Cl)OCO2. The highest BCUT2D eigenvalue weighted by atomic mass is 35.5. The standard InChI is InChI=1S/C14H15ClN2O2/c1-2-17-5-3-4-10(17)8-16-12-7-14-13(6-11(12)15)18-9-19-14/h3-7,16H,2,8-9H2,1H3. The molecular weight excluding hydrogens is 264 g/mol. The van der Waals surface area contributed by atoms with E-state index in [2.05, 4.69) is 29.1 Å². The number of hydrogen-bond donors (Lipinski definition) is 1. The van der Waals surface area contributed by atoms with Gasteiger partial charge in [-0.1, -0.05) is 11.6 Å². The topological polar surface area (TPSA) is 35.4 Å². The zero-order valence-corrected chi connectivity index (χ0v) is 11.4. The summed E-state index contributed by atoms with van der Waals surface area (Å²) in [4.78, 5) is 0. The second-order valence-electron chi connectivity index (χ2n) is 4.32. The highest BCUT2D eigenvalue weighted by molar-refractivity contribution is 6.33. The number of benzene rings is 1. The Morgan fingerprint density at radius 1 is 1.32 bits per heavy atom. The summed E-state index contributed by atoms with van der Waals surface area (Å²) in [6.07, 6.45) is 2.07. The number of anilines is 1. The van der Waals surface area contributed by atoms with Crippen LogP contribution in [0.1, 0.15) is 12.6 Å². The molecule has 0 saturated heterocycles. The lowest BCUT2D eigenvalue weighted by atomic mass is 10.2. The van der Waals surface area contributed by atoms with Crippen molar-refractivity contribution in [3.63, 3.8) is 0 Å². The number of aromatic nitrogens is 1. The van der Waals surface area contributed by atoms with Gasteiger partial charge in [-0.3, -0.25) is 0 Å². The van der Waals surface area contributed by atoms with E-state index in [-0.39, 0.29) is 6.79 Å². The Hall–Kier alpha value is -1.81. The van der Waals surface area contributed by atoms with Crippen LogP contribution in [0.5, 0.6) is 11.5 Å². The molecule has 0 amide bonds. The Kier molecular flexibility index (Phi) is 3.25. The van der Waals surface area contributed by atoms with Crippen LogP contribution >= 0.6 is 11.6 Å². The van der Waals surface area contributed by atoms with E-state index in [4.69, 9.17) is 21.1 Å². The molecule has 0 radical (unpaired) electrons. The van der Waals surface area contributed by atoms with Gasteiger partial charge in [0.05, 0.1) is 17.3 Å². The molecule has 0 saturated carbocycles. The summed E-state index contributed by atoms with van der Waals surface area (Å²) < 4.78 is 12.8. The van der Waals surface area contributed by atoms with Crippen LogP contribution in [0, 0.1) is 0 Å². The van der Waals surface area contributed by atoms with Crippen LogP contribution in [0.4, 0.5) is 5.69 Å². The fraction of sp³-hybridized carbons (Fsp3) is 0.286. The number of rotatable bonds is 4. The van der Waals surface area contributed by atoms with E-state index in [1.54, 1.807) is 6.07 Å². The molecule has 19 heavy (non-hydrogen) atoms. The van der Waals surface area contributed by atoms with Gasteiger partial charge in [-0.2, -0.15) is 0 Å². The molecule has 1 aromatic carbocycles. The fourth-order valence-electron chi connectivity index (χ4n) is 2.16.